The number of benzene rings is 3. The first-order valence-electron chi connectivity index (χ1n) is 13.2. The third-order valence-corrected chi connectivity index (χ3v) is 8.16. The maximum absolute atomic E-state index is 13.7. The van der Waals surface area contributed by atoms with E-state index in [1.54, 1.807) is 36.3 Å². The van der Waals surface area contributed by atoms with E-state index in [9.17, 15) is 18.0 Å². The first-order chi connectivity index (χ1) is 18.8. The van der Waals surface area contributed by atoms with Gasteiger partial charge in [-0.1, -0.05) is 54.6 Å². The van der Waals surface area contributed by atoms with Gasteiger partial charge >= 0.3 is 0 Å². The molecule has 1 atom stereocenters. The minimum atomic E-state index is -3.53. The number of hydrogen-bond acceptors (Lipinski definition) is 5. The zero-order valence-corrected chi connectivity index (χ0v) is 23.1. The molecule has 9 heteroatoms. The number of hydrogen-bond donors (Lipinski definition) is 2. The molecule has 0 bridgehead atoms. The van der Waals surface area contributed by atoms with Crippen molar-refractivity contribution in [1.29, 1.82) is 0 Å². The van der Waals surface area contributed by atoms with Crippen molar-refractivity contribution in [1.82, 2.24) is 14.9 Å². The Morgan fingerprint density at radius 3 is 2.18 bits per heavy atom. The van der Waals surface area contributed by atoms with Crippen molar-refractivity contribution in [3.05, 3.63) is 95.6 Å². The van der Waals surface area contributed by atoms with E-state index in [-0.39, 0.29) is 35.7 Å². The van der Waals surface area contributed by atoms with Gasteiger partial charge in [0.15, 0.2) is 0 Å². The van der Waals surface area contributed by atoms with E-state index in [4.69, 9.17) is 4.74 Å². The van der Waals surface area contributed by atoms with Crippen molar-refractivity contribution < 1.29 is 22.7 Å². The van der Waals surface area contributed by atoms with E-state index in [1.807, 2.05) is 61.5 Å². The van der Waals surface area contributed by atoms with Crippen molar-refractivity contribution in [2.45, 2.75) is 56.1 Å². The van der Waals surface area contributed by atoms with Crippen molar-refractivity contribution in [3.63, 3.8) is 0 Å². The number of methoxy groups -OCH3 is 1. The molecule has 1 fully saturated rings. The number of aryl methyl sites for hydroxylation is 1. The molecule has 206 valence electrons. The molecule has 1 aliphatic carbocycles. The number of nitrogens with zero attached hydrogens (tertiary/aromatic N) is 1. The first-order valence-corrected chi connectivity index (χ1v) is 14.7. The lowest BCUT2D eigenvalue weighted by Gasteiger charge is -2.31. The highest BCUT2D eigenvalue weighted by molar-refractivity contribution is 7.89. The molecule has 0 saturated heterocycles. The summed E-state index contributed by atoms with van der Waals surface area (Å²) in [6.45, 7) is 2.53. The van der Waals surface area contributed by atoms with Crippen LogP contribution in [0.5, 0.6) is 5.75 Å². The standard InChI is InChI=1S/C30H35N3O5S/c1-3-31-30(35)29(24-7-5-4-6-8-24)33(21-23-9-16-26(38-2)17-10-23)28(34)20-13-22-11-18-27(19-12-22)39(36,37)32-25-14-15-25/h4-12,16-19,25,29,32H,3,13-15,20-21H2,1-2H3,(H,31,35). The van der Waals surface area contributed by atoms with Gasteiger partial charge < -0.3 is 15.0 Å². The molecule has 2 amide bonds. The second-order valence-electron chi connectivity index (χ2n) is 9.62. The van der Waals surface area contributed by atoms with Crippen LogP contribution in [0.1, 0.15) is 48.9 Å². The van der Waals surface area contributed by atoms with Crippen molar-refractivity contribution >= 4 is 21.8 Å². The van der Waals surface area contributed by atoms with Gasteiger partial charge in [0.1, 0.15) is 11.8 Å². The molecular weight excluding hydrogens is 514 g/mol. The maximum Gasteiger partial charge on any atom is 0.247 e. The second-order valence-corrected chi connectivity index (χ2v) is 11.3. The van der Waals surface area contributed by atoms with Crippen LogP contribution >= 0.6 is 0 Å². The molecule has 2 N–H and O–H groups in total. The topological polar surface area (TPSA) is 105 Å². The predicted octanol–water partition coefficient (Wildman–Crippen LogP) is 3.97. The predicted molar refractivity (Wildman–Crippen MR) is 150 cm³/mol. The Labute approximate surface area is 230 Å². The Morgan fingerprint density at radius 1 is 0.949 bits per heavy atom. The molecule has 3 aromatic rings. The monoisotopic (exact) mass is 549 g/mol. The lowest BCUT2D eigenvalue weighted by molar-refractivity contribution is -0.141. The number of ether oxygens (including phenoxy) is 1. The van der Waals surface area contributed by atoms with E-state index < -0.39 is 16.1 Å². The summed E-state index contributed by atoms with van der Waals surface area (Å²) in [6.07, 6.45) is 2.30. The van der Waals surface area contributed by atoms with Crippen LogP contribution in [0.2, 0.25) is 0 Å². The van der Waals surface area contributed by atoms with Crippen LogP contribution in [0.4, 0.5) is 0 Å². The molecule has 4 rings (SSSR count). The van der Waals surface area contributed by atoms with Crippen molar-refractivity contribution in [2.75, 3.05) is 13.7 Å². The summed E-state index contributed by atoms with van der Waals surface area (Å²) in [4.78, 5) is 28.8. The molecule has 39 heavy (non-hydrogen) atoms. The number of sulfonamides is 1. The van der Waals surface area contributed by atoms with Crippen LogP contribution in [0.3, 0.4) is 0 Å². The van der Waals surface area contributed by atoms with E-state index in [0.717, 1.165) is 29.5 Å². The summed E-state index contributed by atoms with van der Waals surface area (Å²) in [5, 5.41) is 2.88. The molecule has 0 heterocycles. The zero-order valence-electron chi connectivity index (χ0n) is 22.3. The van der Waals surface area contributed by atoms with Gasteiger partial charge in [-0.15, -0.1) is 0 Å². The number of likely N-dealkylation sites (N-methyl/N-ethyl adjacent to an activating group) is 1. The van der Waals surface area contributed by atoms with Gasteiger partial charge in [-0.05, 0) is 67.1 Å². The third kappa shape index (κ3) is 7.68. The van der Waals surface area contributed by atoms with E-state index in [1.165, 1.54) is 0 Å². The molecule has 0 aromatic heterocycles. The second kappa shape index (κ2) is 12.9. The van der Waals surface area contributed by atoms with E-state index in [0.29, 0.717) is 18.7 Å². The van der Waals surface area contributed by atoms with E-state index in [2.05, 4.69) is 10.0 Å². The zero-order chi connectivity index (χ0) is 27.8. The summed E-state index contributed by atoms with van der Waals surface area (Å²) in [5.74, 6) is 0.277. The summed E-state index contributed by atoms with van der Waals surface area (Å²) >= 11 is 0. The molecule has 3 aromatic carbocycles. The van der Waals surface area contributed by atoms with Crippen molar-refractivity contribution in [3.8, 4) is 5.75 Å². The highest BCUT2D eigenvalue weighted by atomic mass is 32.2. The van der Waals surface area contributed by atoms with Crippen LogP contribution in [-0.4, -0.2) is 44.8 Å². The normalized spacial score (nSPS) is 13.9. The van der Waals surface area contributed by atoms with Gasteiger partial charge in [-0.3, -0.25) is 9.59 Å². The SMILES string of the molecule is CCNC(=O)C(c1ccccc1)N(Cc1ccc(OC)cc1)C(=O)CCc1ccc(S(=O)(=O)NC2CC2)cc1. The molecule has 0 spiro atoms. The molecular formula is C30H35N3O5S. The minimum Gasteiger partial charge on any atom is -0.497 e. The van der Waals surface area contributed by atoms with Crippen LogP contribution in [0, 0.1) is 0 Å². The van der Waals surface area contributed by atoms with Gasteiger partial charge in [0, 0.05) is 25.6 Å². The Morgan fingerprint density at radius 2 is 1.59 bits per heavy atom. The molecule has 8 nitrogen and oxygen atoms in total. The van der Waals surface area contributed by atoms with Crippen LogP contribution in [0.15, 0.2) is 83.8 Å². The van der Waals surface area contributed by atoms with Gasteiger partial charge in [0.2, 0.25) is 21.8 Å². The van der Waals surface area contributed by atoms with E-state index >= 15 is 0 Å². The fourth-order valence-corrected chi connectivity index (χ4v) is 5.65. The molecule has 0 aliphatic heterocycles. The molecule has 1 saturated carbocycles. The van der Waals surface area contributed by atoms with Gasteiger partial charge in [-0.2, -0.15) is 0 Å². The number of carbonyl (C=O) groups is 2. The highest BCUT2D eigenvalue weighted by Gasteiger charge is 2.31. The fourth-order valence-electron chi connectivity index (χ4n) is 4.35. The van der Waals surface area contributed by atoms with Gasteiger partial charge in [-0.25, -0.2) is 13.1 Å². The Bertz CT molecular complexity index is 1360. The van der Waals surface area contributed by atoms with Crippen LogP contribution < -0.4 is 14.8 Å². The first kappa shape index (κ1) is 28.3. The van der Waals surface area contributed by atoms with Crippen LogP contribution in [-0.2, 0) is 32.6 Å². The van der Waals surface area contributed by atoms with Gasteiger partial charge in [0.05, 0.1) is 12.0 Å². The quantitative estimate of drug-likeness (QED) is 0.336. The summed E-state index contributed by atoms with van der Waals surface area (Å²) in [7, 11) is -1.94. The molecule has 1 aliphatic rings. The van der Waals surface area contributed by atoms with Crippen molar-refractivity contribution in [2.24, 2.45) is 0 Å². The summed E-state index contributed by atoms with van der Waals surface area (Å²) in [6, 6.07) is 22.5. The highest BCUT2D eigenvalue weighted by Crippen LogP contribution is 2.26. The Kier molecular flexibility index (Phi) is 9.37. The molecule has 1 unspecified atom stereocenters. The van der Waals surface area contributed by atoms with Crippen LogP contribution in [0.25, 0.3) is 0 Å². The third-order valence-electron chi connectivity index (χ3n) is 6.62. The maximum atomic E-state index is 13.7. The number of amides is 2. The lowest BCUT2D eigenvalue weighted by atomic mass is 10.0. The fraction of sp³-hybridized carbons (Fsp3) is 0.333. The smallest absolute Gasteiger partial charge is 0.247 e. The lowest BCUT2D eigenvalue weighted by Crippen LogP contribution is -2.43. The summed E-state index contributed by atoms with van der Waals surface area (Å²) < 4.78 is 32.9. The minimum absolute atomic E-state index is 0.0338. The number of nitrogens with one attached hydrogen (secondary N) is 2. The largest absolute Gasteiger partial charge is 0.497 e. The number of rotatable bonds is 13. The summed E-state index contributed by atoms with van der Waals surface area (Å²) in [5.41, 5.74) is 2.43. The average Bonchev–Trinajstić information content (AvgIpc) is 3.76. The van der Waals surface area contributed by atoms with Gasteiger partial charge in [0.25, 0.3) is 0 Å². The molecule has 0 radical (unpaired) electrons. The Balaban J connectivity index is 1.55. The number of carbonyl (C=O) groups excluding carboxylic acids is 2. The average molecular weight is 550 g/mol. The Hall–Kier alpha value is -3.69.